The highest BCUT2D eigenvalue weighted by atomic mass is 19.3. The Morgan fingerprint density at radius 2 is 0.833 bits per heavy atom. The van der Waals surface area contributed by atoms with Gasteiger partial charge in [0.15, 0.2) is 12.4 Å². The molecule has 2 aromatic carbocycles. The molecule has 8 heterocycles. The summed E-state index contributed by atoms with van der Waals surface area (Å²) in [5, 5.41) is 0. The molecule has 0 amide bonds. The van der Waals surface area contributed by atoms with E-state index in [4.69, 9.17) is 0 Å². The smallest absolute Gasteiger partial charge is 0.411 e. The summed E-state index contributed by atoms with van der Waals surface area (Å²) >= 11 is 0. The van der Waals surface area contributed by atoms with Gasteiger partial charge in [0, 0.05) is 34.7 Å². The summed E-state index contributed by atoms with van der Waals surface area (Å²) in [5.74, 6) is -0.966. The molecule has 4 aromatic rings. The molecule has 0 radical (unpaired) electrons. The van der Waals surface area contributed by atoms with Crippen LogP contribution in [0.4, 0.5) is 45.9 Å². The van der Waals surface area contributed by atoms with Crippen LogP contribution in [0.2, 0.25) is 0 Å². The summed E-state index contributed by atoms with van der Waals surface area (Å²) in [6.45, 7) is -19.8. The Balaban J connectivity index is 1.17. The molecule has 0 saturated carbocycles. The van der Waals surface area contributed by atoms with Crippen molar-refractivity contribution >= 4 is 75.5 Å². The lowest BCUT2D eigenvalue weighted by atomic mass is 9.89. The van der Waals surface area contributed by atoms with Crippen LogP contribution >= 0.6 is 0 Å². The number of hydrogen-bond donors (Lipinski definition) is 0. The molecule has 6 aliphatic heterocycles. The number of nitrogens with zero attached hydrogens (tertiary/aromatic N) is 8. The Kier molecular flexibility index (Phi) is 4.76. The number of hydrogen-bond acceptors (Lipinski definition) is 2. The normalized spacial score (nSPS) is 22.2. The van der Waals surface area contributed by atoms with E-state index in [1.54, 1.807) is 24.3 Å². The van der Waals surface area contributed by atoms with Gasteiger partial charge in [-0.05, 0) is 48.6 Å². The van der Waals surface area contributed by atoms with Crippen LogP contribution in [0.5, 0.6) is 0 Å². The van der Waals surface area contributed by atoms with Gasteiger partial charge in [-0.25, -0.2) is 0 Å². The van der Waals surface area contributed by atoms with E-state index in [1.807, 2.05) is 0 Å². The van der Waals surface area contributed by atoms with Crippen LogP contribution in [-0.4, -0.2) is 79.3 Å². The average molecular weight is 662 g/mol. The van der Waals surface area contributed by atoms with Gasteiger partial charge in [0.2, 0.25) is 0 Å². The maximum absolute atomic E-state index is 16.8. The minimum absolute atomic E-state index is 0.0392. The minimum atomic E-state index is -5.11. The summed E-state index contributed by atoms with van der Waals surface area (Å²) in [7, 11) is 0. The first-order valence-corrected chi connectivity index (χ1v) is 15.1. The Morgan fingerprint density at radius 3 is 1.25 bits per heavy atom. The van der Waals surface area contributed by atoms with Gasteiger partial charge in [-0.1, -0.05) is 36.4 Å². The maximum atomic E-state index is 16.8. The molecular weight excluding hydrogens is 644 g/mol. The molecule has 10 rings (SSSR count). The van der Waals surface area contributed by atoms with E-state index in [0.29, 0.717) is 29.7 Å². The van der Waals surface area contributed by atoms with Crippen molar-refractivity contribution in [2.75, 3.05) is 9.62 Å². The number of hydrazine groups is 2. The van der Waals surface area contributed by atoms with E-state index in [-0.39, 0.29) is 41.1 Å². The molecule has 2 aromatic heterocycles. The maximum Gasteiger partial charge on any atom is 0.869 e. The molecule has 0 saturated heterocycles. The number of hydrazone groups is 4. The van der Waals surface area contributed by atoms with Crippen LogP contribution in [0, 0.1) is 0 Å². The van der Waals surface area contributed by atoms with Gasteiger partial charge in [0.05, 0.1) is 22.8 Å². The molecule has 8 nitrogen and oxygen atoms in total. The second kappa shape index (κ2) is 8.29. The first-order valence-electron chi connectivity index (χ1n) is 15.1. The minimum Gasteiger partial charge on any atom is -0.411 e. The zero-order valence-electron chi connectivity index (χ0n) is 24.3. The van der Waals surface area contributed by atoms with Crippen molar-refractivity contribution in [3.63, 3.8) is 0 Å². The zero-order valence-corrected chi connectivity index (χ0v) is 24.3. The molecule has 0 aliphatic carbocycles. The summed E-state index contributed by atoms with van der Waals surface area (Å²) in [5.41, 5.74) is -0.595. The third-order valence-corrected chi connectivity index (χ3v) is 9.84. The average Bonchev–Trinajstić information content (AvgIpc) is 3.78. The van der Waals surface area contributed by atoms with E-state index >= 15 is 34.5 Å². The van der Waals surface area contributed by atoms with Crippen LogP contribution in [0.15, 0.2) is 84.9 Å². The van der Waals surface area contributed by atoms with Crippen LogP contribution in [0.3, 0.4) is 0 Å². The van der Waals surface area contributed by atoms with Gasteiger partial charge in [0.25, 0.3) is 11.7 Å². The number of anilines is 2. The van der Waals surface area contributed by atoms with Crippen molar-refractivity contribution in [3.05, 3.63) is 107 Å². The predicted octanol–water partition coefficient (Wildman–Crippen LogP) is 4.79. The Morgan fingerprint density at radius 1 is 0.438 bits per heavy atom. The predicted molar refractivity (Wildman–Crippen MR) is 168 cm³/mol. The first-order chi connectivity index (χ1) is 22.8. The molecular formula is C28H18B4F8N8. The highest BCUT2D eigenvalue weighted by Gasteiger charge is 2.74. The fraction of sp³-hybridized carbons (Fsp3) is 0. The van der Waals surface area contributed by atoms with Gasteiger partial charge >= 0.3 is 27.9 Å². The molecule has 0 bridgehead atoms. The molecule has 6 aliphatic rings. The number of benzene rings is 2. The lowest BCUT2D eigenvalue weighted by Gasteiger charge is -2.34. The number of amidine groups is 2. The topological polar surface area (TPSA) is 28.4 Å². The third kappa shape index (κ3) is 3.02. The molecule has 238 valence electrons. The van der Waals surface area contributed by atoms with E-state index < -0.39 is 50.9 Å². The van der Waals surface area contributed by atoms with Crippen molar-refractivity contribution in [1.82, 2.24) is 8.96 Å². The molecule has 0 unspecified atom stereocenters. The lowest BCUT2D eigenvalue weighted by molar-refractivity contribution is -1.00. The number of halogens is 8. The third-order valence-electron chi connectivity index (χ3n) is 9.84. The van der Waals surface area contributed by atoms with Gasteiger partial charge in [-0.3, -0.25) is 9.62 Å². The summed E-state index contributed by atoms with van der Waals surface area (Å²) in [4.78, 5) is 1.14. The second-order valence-electron chi connectivity index (χ2n) is 12.3. The summed E-state index contributed by atoms with van der Waals surface area (Å²) in [6.07, 6.45) is 6.98. The van der Waals surface area contributed by atoms with Crippen molar-refractivity contribution in [2.24, 2.45) is 0 Å². The van der Waals surface area contributed by atoms with Crippen molar-refractivity contribution < 1.29 is 52.9 Å². The van der Waals surface area contributed by atoms with E-state index in [1.165, 1.54) is 48.6 Å². The zero-order chi connectivity index (χ0) is 33.1. The Hall–Kier alpha value is -5.54. The quantitative estimate of drug-likeness (QED) is 0.217. The molecule has 0 atom stereocenters. The first kappa shape index (κ1) is 27.6. The molecule has 0 N–H and O–H groups in total. The molecule has 0 fully saturated rings. The van der Waals surface area contributed by atoms with Crippen molar-refractivity contribution in [1.29, 1.82) is 0 Å². The second-order valence-corrected chi connectivity index (χ2v) is 12.3. The van der Waals surface area contributed by atoms with E-state index in [0.717, 1.165) is 36.7 Å². The molecule has 0 spiro atoms. The van der Waals surface area contributed by atoms with Gasteiger partial charge in [-0.15, -0.1) is 0 Å². The number of para-hydroxylation sites is 2. The standard InChI is InChI=1S/C28H18B4F8N8/c33-29(34)41-17-21-11-13-25(43(21)31(37,38)47(41)27-15-9-19-5-1-3-7-23(19)45(27)29)26-14-12-22-18-42-30(35,36)46-24-8-4-2-6-20(24)10-16-28(46)48(42)32(39,40)44(22)26/h1-18H. The fourth-order valence-corrected chi connectivity index (χ4v) is 7.91. The van der Waals surface area contributed by atoms with Crippen molar-refractivity contribution in [3.8, 4) is 11.4 Å². The largest absolute Gasteiger partial charge is 0.869 e. The van der Waals surface area contributed by atoms with E-state index in [9.17, 15) is 0 Å². The number of aromatic nitrogens is 2. The fourth-order valence-electron chi connectivity index (χ4n) is 7.91. The number of fused-ring (bicyclic) bond motifs is 10. The summed E-state index contributed by atoms with van der Waals surface area (Å²) < 4.78 is 133. The Labute approximate surface area is 265 Å². The summed E-state index contributed by atoms with van der Waals surface area (Å²) in [6, 6.07) is 16.9. The van der Waals surface area contributed by atoms with Gasteiger partial charge < -0.3 is 43.5 Å². The van der Waals surface area contributed by atoms with Crippen LogP contribution < -0.4 is 9.62 Å². The molecule has 48 heavy (non-hydrogen) atoms. The van der Waals surface area contributed by atoms with E-state index in [2.05, 4.69) is 0 Å². The van der Waals surface area contributed by atoms with Gasteiger partial charge in [0.1, 0.15) is 0 Å². The number of rotatable bonds is 1. The highest BCUT2D eigenvalue weighted by Crippen LogP contribution is 2.43. The van der Waals surface area contributed by atoms with Crippen molar-refractivity contribution in [2.45, 2.75) is 0 Å². The molecule has 20 heteroatoms. The SMILES string of the molecule is F[B-]1(F)N2C(=[N+]3[N+]1=Cc1ccc(-c4ccc5n4[B-](F)(F)[N+]4=C6C=Cc7ccccc7N6[B-](F)(F)[N+]4=C5)n1[B-]3(F)F)C=Cc1ccccc12. The van der Waals surface area contributed by atoms with Crippen LogP contribution in [0.25, 0.3) is 23.5 Å². The van der Waals surface area contributed by atoms with Gasteiger partial charge in [-0.2, -0.15) is 18.4 Å². The highest BCUT2D eigenvalue weighted by molar-refractivity contribution is 6.72. The van der Waals surface area contributed by atoms with Crippen LogP contribution in [-0.2, 0) is 0 Å². The monoisotopic (exact) mass is 662 g/mol. The van der Waals surface area contributed by atoms with Crippen LogP contribution in [0.1, 0.15) is 22.5 Å². The lowest BCUT2D eigenvalue weighted by Crippen LogP contribution is -2.60. The Bertz CT molecular complexity index is 2240.